The lowest BCUT2D eigenvalue weighted by Crippen LogP contribution is -2.25. The number of nitrogens with one attached hydrogen (secondary N) is 1. The van der Waals surface area contributed by atoms with E-state index in [-0.39, 0.29) is 11.7 Å². The molecule has 5 heteroatoms. The van der Waals surface area contributed by atoms with Crippen molar-refractivity contribution in [3.8, 4) is 11.3 Å². The first kappa shape index (κ1) is 15.8. The van der Waals surface area contributed by atoms with E-state index in [9.17, 15) is 9.18 Å². The first-order valence-electron chi connectivity index (χ1n) is 7.61. The Labute approximate surface area is 139 Å². The number of pyridine rings is 2. The fraction of sp³-hybridized carbons (Fsp3) is 0.105. The minimum Gasteiger partial charge on any atom is -0.352 e. The maximum absolute atomic E-state index is 13.2. The van der Waals surface area contributed by atoms with Crippen LogP contribution in [0.15, 0.2) is 67.1 Å². The Bertz CT molecular complexity index is 820. The summed E-state index contributed by atoms with van der Waals surface area (Å²) in [4.78, 5) is 20.3. The highest BCUT2D eigenvalue weighted by Crippen LogP contribution is 2.17. The standard InChI is InChI=1S/C19H16FN3O/c20-17-3-1-2-15(12-17)18-5-4-16(13-23-18)19(24)22-11-8-14-6-9-21-10-7-14/h1-7,9-10,12-13H,8,11H2,(H,22,24). The summed E-state index contributed by atoms with van der Waals surface area (Å²) in [6.07, 6.45) is 5.70. The van der Waals surface area contributed by atoms with E-state index in [1.54, 1.807) is 36.7 Å². The molecule has 0 saturated heterocycles. The number of carbonyl (C=O) groups is 1. The highest BCUT2D eigenvalue weighted by Gasteiger charge is 2.07. The highest BCUT2D eigenvalue weighted by molar-refractivity contribution is 5.94. The third-order valence-electron chi connectivity index (χ3n) is 3.59. The van der Waals surface area contributed by atoms with Gasteiger partial charge < -0.3 is 5.32 Å². The van der Waals surface area contributed by atoms with Gasteiger partial charge in [0.15, 0.2) is 0 Å². The second-order valence-electron chi connectivity index (χ2n) is 5.30. The molecule has 4 nitrogen and oxygen atoms in total. The summed E-state index contributed by atoms with van der Waals surface area (Å²) in [7, 11) is 0. The summed E-state index contributed by atoms with van der Waals surface area (Å²) >= 11 is 0. The molecule has 3 aromatic rings. The minimum atomic E-state index is -0.313. The molecule has 0 aliphatic carbocycles. The summed E-state index contributed by atoms with van der Waals surface area (Å²) < 4.78 is 13.2. The summed E-state index contributed by atoms with van der Waals surface area (Å²) in [5, 5.41) is 2.86. The molecule has 0 atom stereocenters. The minimum absolute atomic E-state index is 0.178. The summed E-state index contributed by atoms with van der Waals surface area (Å²) in [5.41, 5.74) is 2.90. The predicted octanol–water partition coefficient (Wildman–Crippen LogP) is 3.26. The Kier molecular flexibility index (Phi) is 4.91. The first-order chi connectivity index (χ1) is 11.7. The van der Waals surface area contributed by atoms with E-state index in [1.165, 1.54) is 18.3 Å². The summed E-state index contributed by atoms with van der Waals surface area (Å²) in [6.45, 7) is 0.536. The van der Waals surface area contributed by atoms with Gasteiger partial charge in [-0.3, -0.25) is 14.8 Å². The first-order valence-corrected chi connectivity index (χ1v) is 7.61. The van der Waals surface area contributed by atoms with Crippen LogP contribution in [0.2, 0.25) is 0 Å². The molecule has 1 amide bonds. The molecule has 2 aromatic heterocycles. The topological polar surface area (TPSA) is 54.9 Å². The smallest absolute Gasteiger partial charge is 0.252 e. The quantitative estimate of drug-likeness (QED) is 0.785. The average Bonchev–Trinajstić information content (AvgIpc) is 2.63. The van der Waals surface area contributed by atoms with E-state index >= 15 is 0 Å². The van der Waals surface area contributed by atoms with Crippen molar-refractivity contribution < 1.29 is 9.18 Å². The number of hydrogen-bond acceptors (Lipinski definition) is 3. The molecule has 0 bridgehead atoms. The highest BCUT2D eigenvalue weighted by atomic mass is 19.1. The molecule has 1 N–H and O–H groups in total. The lowest BCUT2D eigenvalue weighted by molar-refractivity contribution is 0.0954. The molecular formula is C19H16FN3O. The Morgan fingerprint density at radius 2 is 1.92 bits per heavy atom. The molecule has 0 aliphatic rings. The molecule has 0 aliphatic heterocycles. The second-order valence-corrected chi connectivity index (χ2v) is 5.30. The van der Waals surface area contributed by atoms with E-state index in [2.05, 4.69) is 15.3 Å². The molecule has 0 fully saturated rings. The van der Waals surface area contributed by atoms with Crippen LogP contribution in [0.25, 0.3) is 11.3 Å². The molecule has 2 heterocycles. The van der Waals surface area contributed by atoms with E-state index in [4.69, 9.17) is 0 Å². The van der Waals surface area contributed by atoms with Gasteiger partial charge in [-0.1, -0.05) is 12.1 Å². The Balaban J connectivity index is 1.59. The van der Waals surface area contributed by atoms with E-state index in [0.717, 1.165) is 12.0 Å². The number of benzene rings is 1. The Morgan fingerprint density at radius 1 is 1.08 bits per heavy atom. The van der Waals surface area contributed by atoms with Gasteiger partial charge in [-0.15, -0.1) is 0 Å². The van der Waals surface area contributed by atoms with E-state index in [1.807, 2.05) is 12.1 Å². The van der Waals surface area contributed by atoms with Crippen molar-refractivity contribution in [3.63, 3.8) is 0 Å². The van der Waals surface area contributed by atoms with Crippen molar-refractivity contribution in [3.05, 3.63) is 84.1 Å². The number of halogens is 1. The van der Waals surface area contributed by atoms with Crippen LogP contribution in [0.3, 0.4) is 0 Å². The van der Waals surface area contributed by atoms with Gasteiger partial charge in [0, 0.05) is 30.7 Å². The SMILES string of the molecule is O=C(NCCc1ccncc1)c1ccc(-c2cccc(F)c2)nc1. The van der Waals surface area contributed by atoms with Gasteiger partial charge in [-0.25, -0.2) is 4.39 Å². The molecular weight excluding hydrogens is 305 g/mol. The Hall–Kier alpha value is -3.08. The zero-order chi connectivity index (χ0) is 16.8. The van der Waals surface area contributed by atoms with Crippen molar-refractivity contribution in [2.75, 3.05) is 6.54 Å². The predicted molar refractivity (Wildman–Crippen MR) is 89.9 cm³/mol. The number of rotatable bonds is 5. The van der Waals surface area contributed by atoms with Crippen molar-refractivity contribution in [1.29, 1.82) is 0 Å². The Morgan fingerprint density at radius 3 is 2.62 bits per heavy atom. The van der Waals surface area contributed by atoms with Crippen LogP contribution in [0.4, 0.5) is 4.39 Å². The third-order valence-corrected chi connectivity index (χ3v) is 3.59. The van der Waals surface area contributed by atoms with Gasteiger partial charge in [0.05, 0.1) is 11.3 Å². The normalized spacial score (nSPS) is 10.4. The van der Waals surface area contributed by atoms with Crippen LogP contribution in [-0.4, -0.2) is 22.4 Å². The number of nitrogens with zero attached hydrogens (tertiary/aromatic N) is 2. The zero-order valence-electron chi connectivity index (χ0n) is 12.9. The van der Waals surface area contributed by atoms with E-state index < -0.39 is 0 Å². The lowest BCUT2D eigenvalue weighted by atomic mass is 10.1. The fourth-order valence-electron chi connectivity index (χ4n) is 2.32. The monoisotopic (exact) mass is 321 g/mol. The average molecular weight is 321 g/mol. The second kappa shape index (κ2) is 7.46. The van der Waals surface area contributed by atoms with Crippen LogP contribution < -0.4 is 5.32 Å². The van der Waals surface area contributed by atoms with Crippen LogP contribution in [0.5, 0.6) is 0 Å². The number of hydrogen-bond donors (Lipinski definition) is 1. The van der Waals surface area contributed by atoms with Gasteiger partial charge in [0.25, 0.3) is 5.91 Å². The molecule has 0 radical (unpaired) electrons. The van der Waals surface area contributed by atoms with Crippen LogP contribution >= 0.6 is 0 Å². The molecule has 120 valence electrons. The van der Waals surface area contributed by atoms with Crippen molar-refractivity contribution >= 4 is 5.91 Å². The van der Waals surface area contributed by atoms with Crippen LogP contribution in [0.1, 0.15) is 15.9 Å². The number of aromatic nitrogens is 2. The van der Waals surface area contributed by atoms with Crippen molar-refractivity contribution in [2.24, 2.45) is 0 Å². The lowest BCUT2D eigenvalue weighted by Gasteiger charge is -2.06. The van der Waals surface area contributed by atoms with Gasteiger partial charge >= 0.3 is 0 Å². The van der Waals surface area contributed by atoms with Gasteiger partial charge in [-0.05, 0) is 48.4 Å². The van der Waals surface area contributed by atoms with Crippen LogP contribution in [0, 0.1) is 5.82 Å². The number of amides is 1. The van der Waals surface area contributed by atoms with Crippen LogP contribution in [-0.2, 0) is 6.42 Å². The fourth-order valence-corrected chi connectivity index (χ4v) is 2.32. The molecule has 1 aromatic carbocycles. The molecule has 0 spiro atoms. The van der Waals surface area contributed by atoms with Gasteiger partial charge in [-0.2, -0.15) is 0 Å². The largest absolute Gasteiger partial charge is 0.352 e. The zero-order valence-corrected chi connectivity index (χ0v) is 12.9. The molecule has 3 rings (SSSR count). The number of carbonyl (C=O) groups excluding carboxylic acids is 1. The van der Waals surface area contributed by atoms with Gasteiger partial charge in [0.2, 0.25) is 0 Å². The van der Waals surface area contributed by atoms with Crippen molar-refractivity contribution in [2.45, 2.75) is 6.42 Å². The maximum Gasteiger partial charge on any atom is 0.252 e. The maximum atomic E-state index is 13.2. The molecule has 24 heavy (non-hydrogen) atoms. The van der Waals surface area contributed by atoms with Crippen molar-refractivity contribution in [1.82, 2.24) is 15.3 Å². The van der Waals surface area contributed by atoms with E-state index in [0.29, 0.717) is 23.4 Å². The molecule has 0 saturated carbocycles. The summed E-state index contributed by atoms with van der Waals surface area (Å²) in [6, 6.07) is 13.4. The summed E-state index contributed by atoms with van der Waals surface area (Å²) in [5.74, 6) is -0.491. The van der Waals surface area contributed by atoms with Gasteiger partial charge in [0.1, 0.15) is 5.82 Å². The molecule has 0 unspecified atom stereocenters. The third kappa shape index (κ3) is 4.01.